The van der Waals surface area contributed by atoms with Crippen LogP contribution in [0.3, 0.4) is 0 Å². The lowest BCUT2D eigenvalue weighted by Crippen LogP contribution is -2.24. The number of aromatic nitrogens is 1. The highest BCUT2D eigenvalue weighted by molar-refractivity contribution is 7.90. The molecule has 1 aromatic heterocycles. The van der Waals surface area contributed by atoms with E-state index in [-0.39, 0.29) is 39.8 Å². The van der Waals surface area contributed by atoms with Gasteiger partial charge in [0.25, 0.3) is 5.91 Å². The molecule has 1 heterocycles. The zero-order chi connectivity index (χ0) is 19.5. The summed E-state index contributed by atoms with van der Waals surface area (Å²) in [5, 5.41) is 2.85. The molecule has 0 aliphatic heterocycles. The van der Waals surface area contributed by atoms with Crippen LogP contribution in [0, 0.1) is 0 Å². The van der Waals surface area contributed by atoms with Gasteiger partial charge in [-0.15, -0.1) is 0 Å². The SMILES string of the molecule is CC(C)Oc1nc(C(=O)NCc2ccc(S(C)(=O)=O)cc2)cc(N)c1Cl. The minimum atomic E-state index is -3.26. The van der Waals surface area contributed by atoms with Crippen LogP contribution >= 0.6 is 11.6 Å². The Morgan fingerprint density at radius 3 is 2.46 bits per heavy atom. The third-order valence-corrected chi connectivity index (χ3v) is 4.85. The largest absolute Gasteiger partial charge is 0.474 e. The second-order valence-corrected chi connectivity index (χ2v) is 8.37. The van der Waals surface area contributed by atoms with Crippen molar-refractivity contribution in [3.63, 3.8) is 0 Å². The molecular formula is C17H20ClN3O4S. The number of halogens is 1. The molecule has 0 bridgehead atoms. The van der Waals surface area contributed by atoms with Gasteiger partial charge in [-0.1, -0.05) is 23.7 Å². The number of hydrogen-bond donors (Lipinski definition) is 2. The quantitative estimate of drug-likeness (QED) is 0.774. The Labute approximate surface area is 157 Å². The van der Waals surface area contributed by atoms with Crippen molar-refractivity contribution in [2.45, 2.75) is 31.4 Å². The Bertz CT molecular complexity index is 912. The Morgan fingerprint density at radius 1 is 1.31 bits per heavy atom. The number of nitrogens with zero attached hydrogens (tertiary/aromatic N) is 1. The molecule has 0 fully saturated rings. The molecular weight excluding hydrogens is 378 g/mol. The van der Waals surface area contributed by atoms with Gasteiger partial charge >= 0.3 is 0 Å². The lowest BCUT2D eigenvalue weighted by molar-refractivity contribution is 0.0944. The van der Waals surface area contributed by atoms with Crippen molar-refractivity contribution in [3.8, 4) is 5.88 Å². The van der Waals surface area contributed by atoms with E-state index in [4.69, 9.17) is 22.1 Å². The van der Waals surface area contributed by atoms with E-state index in [2.05, 4.69) is 10.3 Å². The Hall–Kier alpha value is -2.32. The van der Waals surface area contributed by atoms with E-state index >= 15 is 0 Å². The average Bonchev–Trinajstić information content (AvgIpc) is 2.55. The van der Waals surface area contributed by atoms with Crippen molar-refractivity contribution in [1.82, 2.24) is 10.3 Å². The number of nitrogens with one attached hydrogen (secondary N) is 1. The van der Waals surface area contributed by atoms with Crippen LogP contribution in [0.15, 0.2) is 35.2 Å². The zero-order valence-corrected chi connectivity index (χ0v) is 16.2. The number of carbonyl (C=O) groups is 1. The third-order valence-electron chi connectivity index (χ3n) is 3.34. The maximum Gasteiger partial charge on any atom is 0.270 e. The number of hydrogen-bond acceptors (Lipinski definition) is 6. The van der Waals surface area contributed by atoms with Crippen LogP contribution in [0.4, 0.5) is 5.69 Å². The van der Waals surface area contributed by atoms with Gasteiger partial charge in [0.05, 0.1) is 16.7 Å². The predicted molar refractivity (Wildman–Crippen MR) is 100 cm³/mol. The molecule has 0 unspecified atom stereocenters. The van der Waals surface area contributed by atoms with Gasteiger partial charge in [-0.2, -0.15) is 0 Å². The first-order valence-corrected chi connectivity index (χ1v) is 10.0. The lowest BCUT2D eigenvalue weighted by Gasteiger charge is -2.13. The molecule has 140 valence electrons. The number of anilines is 1. The molecule has 3 N–H and O–H groups in total. The van der Waals surface area contributed by atoms with Crippen LogP contribution in [-0.4, -0.2) is 31.7 Å². The van der Waals surface area contributed by atoms with Gasteiger partial charge in [0.2, 0.25) is 5.88 Å². The monoisotopic (exact) mass is 397 g/mol. The molecule has 0 radical (unpaired) electrons. The van der Waals surface area contributed by atoms with Crippen molar-refractivity contribution in [2.75, 3.05) is 12.0 Å². The second kappa shape index (κ2) is 7.92. The molecule has 0 saturated carbocycles. The molecule has 1 amide bonds. The number of benzene rings is 1. The molecule has 0 atom stereocenters. The molecule has 0 aliphatic carbocycles. The van der Waals surface area contributed by atoms with Crippen LogP contribution in [0.2, 0.25) is 5.02 Å². The van der Waals surface area contributed by atoms with Crippen molar-refractivity contribution >= 4 is 33.0 Å². The lowest BCUT2D eigenvalue weighted by atomic mass is 10.2. The third kappa shape index (κ3) is 5.09. The number of carbonyl (C=O) groups excluding carboxylic acids is 1. The van der Waals surface area contributed by atoms with Crippen LogP contribution in [-0.2, 0) is 16.4 Å². The van der Waals surface area contributed by atoms with Crippen LogP contribution < -0.4 is 15.8 Å². The molecule has 1 aromatic carbocycles. The van der Waals surface area contributed by atoms with Crippen LogP contribution in [0.1, 0.15) is 29.9 Å². The standard InChI is InChI=1S/C17H20ClN3O4S/c1-10(2)25-17-15(18)13(19)8-14(21-17)16(22)20-9-11-4-6-12(7-5-11)26(3,23)24/h4-8,10H,9H2,1-3H3,(H2,19,21)(H,20,22). The number of amides is 1. The average molecular weight is 398 g/mol. The smallest absolute Gasteiger partial charge is 0.270 e. The van der Waals surface area contributed by atoms with E-state index in [1.165, 1.54) is 18.2 Å². The molecule has 0 aliphatic rings. The van der Waals surface area contributed by atoms with Gasteiger partial charge < -0.3 is 15.8 Å². The number of nitrogen functional groups attached to an aromatic ring is 1. The predicted octanol–water partition coefficient (Wildman–Crippen LogP) is 2.44. The number of ether oxygens (including phenoxy) is 1. The van der Waals surface area contributed by atoms with Gasteiger partial charge in [0, 0.05) is 12.8 Å². The maximum absolute atomic E-state index is 12.3. The fraction of sp³-hybridized carbons (Fsp3) is 0.294. The van der Waals surface area contributed by atoms with Crippen molar-refractivity contribution in [3.05, 3.63) is 46.6 Å². The zero-order valence-electron chi connectivity index (χ0n) is 14.6. The van der Waals surface area contributed by atoms with E-state index < -0.39 is 15.7 Å². The number of pyridine rings is 1. The molecule has 0 saturated heterocycles. The summed E-state index contributed by atoms with van der Waals surface area (Å²) in [6, 6.07) is 7.62. The summed E-state index contributed by atoms with van der Waals surface area (Å²) in [5.41, 5.74) is 6.83. The maximum atomic E-state index is 12.3. The summed E-state index contributed by atoms with van der Waals surface area (Å²) in [4.78, 5) is 16.6. The highest BCUT2D eigenvalue weighted by Gasteiger charge is 2.16. The molecule has 7 nitrogen and oxygen atoms in total. The first-order valence-electron chi connectivity index (χ1n) is 7.78. The molecule has 2 aromatic rings. The van der Waals surface area contributed by atoms with E-state index in [1.807, 2.05) is 0 Å². The second-order valence-electron chi connectivity index (χ2n) is 5.98. The molecule has 9 heteroatoms. The summed E-state index contributed by atoms with van der Waals surface area (Å²) in [6.45, 7) is 3.82. The fourth-order valence-corrected chi connectivity index (χ4v) is 2.84. The van der Waals surface area contributed by atoms with E-state index in [1.54, 1.807) is 26.0 Å². The number of nitrogens with two attached hydrogens (primary N) is 1. The first kappa shape index (κ1) is 20.0. The van der Waals surface area contributed by atoms with Crippen LogP contribution in [0.25, 0.3) is 0 Å². The summed E-state index contributed by atoms with van der Waals surface area (Å²) in [7, 11) is -3.26. The van der Waals surface area contributed by atoms with E-state index in [0.717, 1.165) is 11.8 Å². The van der Waals surface area contributed by atoms with Gasteiger partial charge in [-0.05, 0) is 37.6 Å². The topological polar surface area (TPSA) is 111 Å². The van der Waals surface area contributed by atoms with Gasteiger partial charge in [0.15, 0.2) is 9.84 Å². The minimum Gasteiger partial charge on any atom is -0.474 e. The Balaban J connectivity index is 2.11. The first-order chi connectivity index (χ1) is 12.1. The highest BCUT2D eigenvalue weighted by atomic mass is 35.5. The van der Waals surface area contributed by atoms with Crippen LogP contribution in [0.5, 0.6) is 5.88 Å². The van der Waals surface area contributed by atoms with Gasteiger partial charge in [0.1, 0.15) is 10.7 Å². The highest BCUT2D eigenvalue weighted by Crippen LogP contribution is 2.29. The van der Waals surface area contributed by atoms with Crippen molar-refractivity contribution in [1.29, 1.82) is 0 Å². The summed E-state index contributed by atoms with van der Waals surface area (Å²) >= 11 is 6.05. The van der Waals surface area contributed by atoms with E-state index in [0.29, 0.717) is 0 Å². The van der Waals surface area contributed by atoms with E-state index in [9.17, 15) is 13.2 Å². The molecule has 0 spiro atoms. The number of rotatable bonds is 6. The normalized spacial score (nSPS) is 11.4. The summed E-state index contributed by atoms with van der Waals surface area (Å²) in [6.07, 6.45) is 0.961. The van der Waals surface area contributed by atoms with Crippen molar-refractivity contribution in [2.24, 2.45) is 0 Å². The summed E-state index contributed by atoms with van der Waals surface area (Å²) < 4.78 is 28.4. The van der Waals surface area contributed by atoms with Gasteiger partial charge in [-0.3, -0.25) is 4.79 Å². The summed E-state index contributed by atoms with van der Waals surface area (Å²) in [5.74, 6) is -0.349. The molecule has 26 heavy (non-hydrogen) atoms. The minimum absolute atomic E-state index is 0.0790. The Morgan fingerprint density at radius 2 is 1.92 bits per heavy atom. The van der Waals surface area contributed by atoms with Gasteiger partial charge in [-0.25, -0.2) is 13.4 Å². The van der Waals surface area contributed by atoms with Crippen molar-refractivity contribution < 1.29 is 17.9 Å². The Kier molecular flexibility index (Phi) is 6.09. The fourth-order valence-electron chi connectivity index (χ4n) is 2.07. The molecule has 2 rings (SSSR count). The number of sulfone groups is 1.